The first kappa shape index (κ1) is 16.4. The molecule has 0 saturated heterocycles. The van der Waals surface area contributed by atoms with Crippen molar-refractivity contribution in [2.24, 2.45) is 0 Å². The Balaban J connectivity index is 2.25. The predicted molar refractivity (Wildman–Crippen MR) is 91.7 cm³/mol. The van der Waals surface area contributed by atoms with Gasteiger partial charge in [0.25, 0.3) is 5.69 Å². The number of H-pyrrole nitrogens is 1. The summed E-state index contributed by atoms with van der Waals surface area (Å²) in [4.78, 5) is 24.7. The van der Waals surface area contributed by atoms with Gasteiger partial charge in [0, 0.05) is 33.7 Å². The molecule has 1 unspecified atom stereocenters. The van der Waals surface area contributed by atoms with E-state index in [1.807, 2.05) is 6.07 Å². The summed E-state index contributed by atoms with van der Waals surface area (Å²) in [5.74, 6) is -0.220. The Morgan fingerprint density at radius 2 is 1.84 bits per heavy atom. The molecule has 8 nitrogen and oxygen atoms in total. The van der Waals surface area contributed by atoms with Crippen molar-refractivity contribution in [3.8, 4) is 5.75 Å². The fraction of sp³-hybridized carbons (Fsp3) is 0.176. The molecular formula is C17H15N3O5. The number of nitrogens with zero attached hydrogens (tertiary/aromatic N) is 2. The van der Waals surface area contributed by atoms with Gasteiger partial charge >= 0.3 is 0 Å². The molecule has 0 aliphatic carbocycles. The van der Waals surface area contributed by atoms with Crippen LogP contribution in [-0.2, 0) is 0 Å². The number of nitrogens with one attached hydrogen (secondary N) is 1. The Morgan fingerprint density at radius 3 is 2.52 bits per heavy atom. The summed E-state index contributed by atoms with van der Waals surface area (Å²) in [6.45, 7) is -0.462. The van der Waals surface area contributed by atoms with Gasteiger partial charge in [0.1, 0.15) is 5.75 Å². The van der Waals surface area contributed by atoms with Gasteiger partial charge in [-0.1, -0.05) is 24.3 Å². The Morgan fingerprint density at radius 1 is 1.08 bits per heavy atom. The lowest BCUT2D eigenvalue weighted by Gasteiger charge is -2.14. The molecule has 25 heavy (non-hydrogen) atoms. The topological polar surface area (TPSA) is 111 Å². The van der Waals surface area contributed by atoms with E-state index in [1.54, 1.807) is 36.5 Å². The van der Waals surface area contributed by atoms with Crippen LogP contribution >= 0.6 is 0 Å². The van der Waals surface area contributed by atoms with E-state index in [-0.39, 0.29) is 5.69 Å². The number of aromatic nitrogens is 1. The van der Waals surface area contributed by atoms with Crippen molar-refractivity contribution < 1.29 is 14.6 Å². The number of fused-ring (bicyclic) bond motifs is 1. The largest absolute Gasteiger partial charge is 0.496 e. The van der Waals surface area contributed by atoms with Gasteiger partial charge in [-0.25, -0.2) is 0 Å². The van der Waals surface area contributed by atoms with Crippen LogP contribution in [0.25, 0.3) is 10.9 Å². The maximum absolute atomic E-state index is 11.4. The highest BCUT2D eigenvalue weighted by Crippen LogP contribution is 2.38. The van der Waals surface area contributed by atoms with Crippen LogP contribution in [0.15, 0.2) is 48.7 Å². The van der Waals surface area contributed by atoms with E-state index in [4.69, 9.17) is 4.74 Å². The third-order valence-electron chi connectivity index (χ3n) is 4.13. The molecule has 0 aliphatic heterocycles. The molecule has 3 aromatic rings. The van der Waals surface area contributed by atoms with Gasteiger partial charge in [0.2, 0.25) is 6.54 Å². The number of aromatic amines is 1. The van der Waals surface area contributed by atoms with Crippen molar-refractivity contribution in [1.82, 2.24) is 4.98 Å². The molecular weight excluding hydrogens is 326 g/mol. The molecule has 1 aromatic heterocycles. The van der Waals surface area contributed by atoms with E-state index in [9.17, 15) is 20.2 Å². The summed E-state index contributed by atoms with van der Waals surface area (Å²) < 4.78 is 5.37. The third kappa shape index (κ3) is 3.01. The Kier molecular flexibility index (Phi) is 4.34. The molecule has 1 heterocycles. The van der Waals surface area contributed by atoms with Crippen LogP contribution in [0.1, 0.15) is 17.0 Å². The quantitative estimate of drug-likeness (QED) is 0.545. The second kappa shape index (κ2) is 6.60. The van der Waals surface area contributed by atoms with E-state index in [1.165, 1.54) is 13.2 Å². The number of para-hydroxylation sites is 1. The van der Waals surface area contributed by atoms with Crippen molar-refractivity contribution in [1.29, 1.82) is 0 Å². The van der Waals surface area contributed by atoms with E-state index in [0.29, 0.717) is 22.3 Å². The normalized spacial score (nSPS) is 12.0. The second-order valence-electron chi connectivity index (χ2n) is 5.51. The van der Waals surface area contributed by atoms with Crippen LogP contribution in [0.2, 0.25) is 0 Å². The number of hydrogen-bond donors (Lipinski definition) is 1. The molecule has 128 valence electrons. The minimum atomic E-state index is -0.776. The van der Waals surface area contributed by atoms with Gasteiger partial charge < -0.3 is 9.72 Å². The lowest BCUT2D eigenvalue weighted by Crippen LogP contribution is -2.15. The number of rotatable bonds is 6. The zero-order valence-electron chi connectivity index (χ0n) is 13.3. The molecule has 3 rings (SSSR count). The van der Waals surface area contributed by atoms with Crippen LogP contribution in [0.3, 0.4) is 0 Å². The van der Waals surface area contributed by atoms with Crippen LogP contribution in [0, 0.1) is 20.2 Å². The monoisotopic (exact) mass is 341 g/mol. The Bertz CT molecular complexity index is 950. The first-order chi connectivity index (χ1) is 12.0. The van der Waals surface area contributed by atoms with Crippen LogP contribution < -0.4 is 4.74 Å². The molecule has 1 N–H and O–H groups in total. The number of ether oxygens (including phenoxy) is 1. The summed E-state index contributed by atoms with van der Waals surface area (Å²) in [6, 6.07) is 11.5. The van der Waals surface area contributed by atoms with Gasteiger partial charge in [-0.05, 0) is 17.7 Å². The second-order valence-corrected chi connectivity index (χ2v) is 5.51. The number of benzene rings is 2. The maximum atomic E-state index is 11.4. The highest BCUT2D eigenvalue weighted by molar-refractivity contribution is 5.90. The Hall–Kier alpha value is -3.42. The van der Waals surface area contributed by atoms with E-state index < -0.39 is 22.3 Å². The fourth-order valence-electron chi connectivity index (χ4n) is 3.08. The summed E-state index contributed by atoms with van der Waals surface area (Å²) in [5, 5.41) is 23.3. The van der Waals surface area contributed by atoms with E-state index in [2.05, 4.69) is 4.98 Å². The van der Waals surface area contributed by atoms with Crippen molar-refractivity contribution in [3.05, 3.63) is 80.0 Å². The molecule has 0 radical (unpaired) electrons. The zero-order valence-corrected chi connectivity index (χ0v) is 13.3. The minimum absolute atomic E-state index is 0.140. The Labute approximate surface area is 142 Å². The molecule has 0 aliphatic rings. The molecule has 0 saturated carbocycles. The van der Waals surface area contributed by atoms with Gasteiger partial charge in [-0.15, -0.1) is 0 Å². The van der Waals surface area contributed by atoms with Crippen molar-refractivity contribution in [3.63, 3.8) is 0 Å². The summed E-state index contributed by atoms with van der Waals surface area (Å²) in [5.41, 5.74) is 1.51. The lowest BCUT2D eigenvalue weighted by molar-refractivity contribution is -0.482. The van der Waals surface area contributed by atoms with Gasteiger partial charge in [-0.2, -0.15) is 0 Å². The SMILES string of the molecule is COc1cccc2[nH]cc(C(C[N+](=O)[O-])c3ccccc3[N+](=O)[O-])c12. The molecule has 0 spiro atoms. The average Bonchev–Trinajstić information content (AvgIpc) is 3.03. The summed E-state index contributed by atoms with van der Waals surface area (Å²) in [7, 11) is 1.51. The number of nitro benzene ring substituents is 1. The minimum Gasteiger partial charge on any atom is -0.496 e. The molecule has 2 aromatic carbocycles. The van der Waals surface area contributed by atoms with Crippen molar-refractivity contribution in [2.45, 2.75) is 5.92 Å². The highest BCUT2D eigenvalue weighted by atomic mass is 16.6. The third-order valence-corrected chi connectivity index (χ3v) is 4.13. The number of nitro groups is 2. The average molecular weight is 341 g/mol. The summed E-state index contributed by atoms with van der Waals surface area (Å²) >= 11 is 0. The van der Waals surface area contributed by atoms with Gasteiger partial charge in [-0.3, -0.25) is 20.2 Å². The molecule has 8 heteroatoms. The van der Waals surface area contributed by atoms with E-state index in [0.717, 1.165) is 5.52 Å². The van der Waals surface area contributed by atoms with Gasteiger partial charge in [0.05, 0.1) is 18.0 Å². The first-order valence-corrected chi connectivity index (χ1v) is 7.52. The van der Waals surface area contributed by atoms with E-state index >= 15 is 0 Å². The van der Waals surface area contributed by atoms with Crippen molar-refractivity contribution >= 4 is 16.6 Å². The van der Waals surface area contributed by atoms with Crippen molar-refractivity contribution in [2.75, 3.05) is 13.7 Å². The standard InChI is InChI=1S/C17H15N3O5/c1-25-16-8-4-6-14-17(16)12(9-18-14)13(10-19(21)22)11-5-2-3-7-15(11)20(23)24/h2-9,13,18H,10H2,1H3. The maximum Gasteiger partial charge on any atom is 0.273 e. The van der Waals surface area contributed by atoms with Gasteiger partial charge in [0.15, 0.2) is 0 Å². The zero-order chi connectivity index (χ0) is 18.0. The number of hydrogen-bond acceptors (Lipinski definition) is 5. The lowest BCUT2D eigenvalue weighted by atomic mass is 9.89. The molecule has 1 atom stereocenters. The highest BCUT2D eigenvalue weighted by Gasteiger charge is 2.30. The molecule has 0 fully saturated rings. The first-order valence-electron chi connectivity index (χ1n) is 7.52. The fourth-order valence-corrected chi connectivity index (χ4v) is 3.08. The van der Waals surface area contributed by atoms with Crippen LogP contribution in [0.4, 0.5) is 5.69 Å². The van der Waals surface area contributed by atoms with Crippen LogP contribution in [-0.4, -0.2) is 28.5 Å². The van der Waals surface area contributed by atoms with Crippen LogP contribution in [0.5, 0.6) is 5.75 Å². The predicted octanol–water partition coefficient (Wildman–Crippen LogP) is 3.49. The summed E-state index contributed by atoms with van der Waals surface area (Å²) in [6.07, 6.45) is 1.65. The molecule has 0 amide bonds. The number of methoxy groups -OCH3 is 1. The molecule has 0 bridgehead atoms. The smallest absolute Gasteiger partial charge is 0.273 e.